The quantitative estimate of drug-likeness (QED) is 0.367. The lowest BCUT2D eigenvalue weighted by Crippen LogP contribution is -2.41. The average molecular weight is 453 g/mol. The molecular formula is C22H23N5O6. The molecule has 0 saturated carbocycles. The minimum Gasteiger partial charge on any atom is -0.383 e. The Morgan fingerprint density at radius 3 is 2.39 bits per heavy atom. The first kappa shape index (κ1) is 23.4. The van der Waals surface area contributed by atoms with Crippen LogP contribution in [0.5, 0.6) is 0 Å². The molecule has 0 bridgehead atoms. The minimum absolute atomic E-state index is 0.0302. The van der Waals surface area contributed by atoms with E-state index in [4.69, 9.17) is 10.5 Å². The van der Waals surface area contributed by atoms with E-state index in [0.29, 0.717) is 5.56 Å². The van der Waals surface area contributed by atoms with Crippen LogP contribution in [0.15, 0.2) is 64.2 Å². The Bertz CT molecular complexity index is 1250. The van der Waals surface area contributed by atoms with Gasteiger partial charge >= 0.3 is 5.69 Å². The molecule has 0 radical (unpaired) electrons. The van der Waals surface area contributed by atoms with Gasteiger partial charge in [0.25, 0.3) is 11.2 Å². The highest BCUT2D eigenvalue weighted by atomic mass is 16.6. The van der Waals surface area contributed by atoms with E-state index in [1.165, 1.54) is 36.3 Å². The number of aromatic nitrogens is 2. The maximum absolute atomic E-state index is 13.3. The lowest BCUT2D eigenvalue weighted by atomic mass is 10.1. The Kier molecular flexibility index (Phi) is 7.36. The normalized spacial score (nSPS) is 10.7. The Morgan fingerprint density at radius 2 is 1.79 bits per heavy atom. The summed E-state index contributed by atoms with van der Waals surface area (Å²) >= 11 is 0. The van der Waals surface area contributed by atoms with Crippen molar-refractivity contribution in [3.8, 4) is 0 Å². The van der Waals surface area contributed by atoms with Crippen molar-refractivity contribution in [1.82, 2.24) is 9.55 Å². The fourth-order valence-electron chi connectivity index (χ4n) is 3.31. The summed E-state index contributed by atoms with van der Waals surface area (Å²) in [7, 11) is 1.46. The third-order valence-corrected chi connectivity index (χ3v) is 4.99. The third kappa shape index (κ3) is 5.52. The first-order valence-electron chi connectivity index (χ1n) is 10.0. The van der Waals surface area contributed by atoms with Crippen LogP contribution in [0.2, 0.25) is 0 Å². The van der Waals surface area contributed by atoms with Gasteiger partial charge in [-0.2, -0.15) is 0 Å². The largest absolute Gasteiger partial charge is 0.383 e. The van der Waals surface area contributed by atoms with E-state index < -0.39 is 22.1 Å². The van der Waals surface area contributed by atoms with E-state index >= 15 is 0 Å². The Morgan fingerprint density at radius 1 is 1.12 bits per heavy atom. The van der Waals surface area contributed by atoms with Gasteiger partial charge in [-0.05, 0) is 11.1 Å². The monoisotopic (exact) mass is 453 g/mol. The highest BCUT2D eigenvalue weighted by molar-refractivity contribution is 5.96. The predicted molar refractivity (Wildman–Crippen MR) is 122 cm³/mol. The average Bonchev–Trinajstić information content (AvgIpc) is 2.79. The number of nitro benzene ring substituents is 1. The number of hydrogen-bond donors (Lipinski definition) is 2. The number of hydrogen-bond acceptors (Lipinski definition) is 7. The number of nitrogen functional groups attached to an aromatic ring is 1. The molecule has 1 heterocycles. The van der Waals surface area contributed by atoms with Crippen LogP contribution in [-0.2, 0) is 29.0 Å². The molecule has 1 aromatic heterocycles. The van der Waals surface area contributed by atoms with Crippen molar-refractivity contribution in [3.05, 3.63) is 96.7 Å². The maximum Gasteiger partial charge on any atom is 0.330 e. The number of anilines is 2. The van der Waals surface area contributed by atoms with Crippen LogP contribution < -0.4 is 21.9 Å². The lowest BCUT2D eigenvalue weighted by Gasteiger charge is -2.25. The van der Waals surface area contributed by atoms with Crippen molar-refractivity contribution < 1.29 is 14.5 Å². The third-order valence-electron chi connectivity index (χ3n) is 4.99. The van der Waals surface area contributed by atoms with Crippen LogP contribution in [0, 0.1) is 10.1 Å². The highest BCUT2D eigenvalue weighted by Gasteiger charge is 2.25. The van der Waals surface area contributed by atoms with Gasteiger partial charge in [-0.1, -0.05) is 42.5 Å². The van der Waals surface area contributed by atoms with Crippen LogP contribution in [0.25, 0.3) is 0 Å². The topological polar surface area (TPSA) is 154 Å². The molecule has 3 aromatic rings. The summed E-state index contributed by atoms with van der Waals surface area (Å²) in [4.78, 5) is 52.1. The van der Waals surface area contributed by atoms with Crippen LogP contribution in [-0.4, -0.2) is 34.1 Å². The first-order valence-corrected chi connectivity index (χ1v) is 10.0. The fourth-order valence-corrected chi connectivity index (χ4v) is 3.31. The number of nitrogens with two attached hydrogens (primary N) is 1. The number of amides is 1. The van der Waals surface area contributed by atoms with Gasteiger partial charge in [-0.15, -0.1) is 0 Å². The predicted octanol–water partition coefficient (Wildman–Crippen LogP) is 1.45. The lowest BCUT2D eigenvalue weighted by molar-refractivity contribution is -0.384. The number of H-pyrrole nitrogens is 1. The van der Waals surface area contributed by atoms with Crippen molar-refractivity contribution in [3.63, 3.8) is 0 Å². The molecule has 0 saturated heterocycles. The van der Waals surface area contributed by atoms with Gasteiger partial charge in [0.05, 0.1) is 31.0 Å². The zero-order chi connectivity index (χ0) is 24.0. The van der Waals surface area contributed by atoms with Crippen LogP contribution in [0.3, 0.4) is 0 Å². The summed E-state index contributed by atoms with van der Waals surface area (Å²) in [5, 5.41) is 10.9. The number of carbonyl (C=O) groups is 1. The zero-order valence-corrected chi connectivity index (χ0v) is 17.9. The number of methoxy groups -OCH3 is 1. The number of ether oxygens (including phenoxy) is 1. The molecule has 0 aliphatic rings. The van der Waals surface area contributed by atoms with E-state index in [1.54, 1.807) is 24.3 Å². The van der Waals surface area contributed by atoms with Crippen molar-refractivity contribution in [1.29, 1.82) is 0 Å². The van der Waals surface area contributed by atoms with Gasteiger partial charge in [-0.3, -0.25) is 34.2 Å². The number of non-ortho nitro benzene ring substituents is 1. The molecule has 0 aliphatic heterocycles. The molecule has 172 valence electrons. The van der Waals surface area contributed by atoms with E-state index in [0.717, 1.165) is 10.1 Å². The van der Waals surface area contributed by atoms with Crippen LogP contribution >= 0.6 is 0 Å². The maximum atomic E-state index is 13.3. The smallest absolute Gasteiger partial charge is 0.330 e. The molecule has 0 spiro atoms. The molecule has 2 aromatic carbocycles. The molecule has 0 fully saturated rings. The van der Waals surface area contributed by atoms with Crippen LogP contribution in [0.4, 0.5) is 17.2 Å². The van der Waals surface area contributed by atoms with Crippen LogP contribution in [0.1, 0.15) is 11.1 Å². The van der Waals surface area contributed by atoms with Gasteiger partial charge < -0.3 is 10.5 Å². The molecule has 3 N–H and O–H groups in total. The molecule has 0 atom stereocenters. The number of nitrogens with one attached hydrogen (secondary N) is 1. The Labute approximate surface area is 188 Å². The zero-order valence-electron chi connectivity index (χ0n) is 17.9. The molecule has 3 rings (SSSR count). The van der Waals surface area contributed by atoms with E-state index in [1.807, 2.05) is 6.07 Å². The molecule has 0 unspecified atom stereocenters. The fraction of sp³-hybridized carbons (Fsp3) is 0.227. The standard InChI is InChI=1S/C22H23N5O6/c1-33-12-11-25-20(23)19(21(29)24-22(25)30)26(14-16-5-3-2-4-6-16)18(28)13-15-7-9-17(10-8-15)27(31)32/h2-10H,11-14,23H2,1H3,(H,24,29,30). The summed E-state index contributed by atoms with van der Waals surface area (Å²) in [5.41, 5.74) is 5.69. The van der Waals surface area contributed by atoms with E-state index in [-0.39, 0.29) is 43.3 Å². The second kappa shape index (κ2) is 10.4. The van der Waals surface area contributed by atoms with Gasteiger partial charge in [0.1, 0.15) is 5.82 Å². The summed E-state index contributed by atoms with van der Waals surface area (Å²) < 4.78 is 6.14. The number of carbonyl (C=O) groups excluding carboxylic acids is 1. The number of rotatable bonds is 9. The number of benzene rings is 2. The van der Waals surface area contributed by atoms with Crippen molar-refractivity contribution in [2.75, 3.05) is 24.4 Å². The summed E-state index contributed by atoms with van der Waals surface area (Å²) in [5.74, 6) is -0.629. The number of nitro groups is 1. The number of aromatic amines is 1. The number of nitrogens with zero attached hydrogens (tertiary/aromatic N) is 3. The Hall–Kier alpha value is -4.25. The molecule has 0 aliphatic carbocycles. The second-order valence-electron chi connectivity index (χ2n) is 7.20. The van der Waals surface area contributed by atoms with Gasteiger partial charge in [-0.25, -0.2) is 4.79 Å². The van der Waals surface area contributed by atoms with E-state index in [2.05, 4.69) is 4.98 Å². The highest BCUT2D eigenvalue weighted by Crippen LogP contribution is 2.21. The molecule has 33 heavy (non-hydrogen) atoms. The molecule has 11 nitrogen and oxygen atoms in total. The summed E-state index contributed by atoms with van der Waals surface area (Å²) in [6, 6.07) is 14.5. The SMILES string of the molecule is COCCn1c(N)c(N(Cc2ccccc2)C(=O)Cc2ccc([N+](=O)[O-])cc2)c(=O)[nH]c1=O. The second-order valence-corrected chi connectivity index (χ2v) is 7.20. The minimum atomic E-state index is -0.792. The van der Waals surface area contributed by atoms with Crippen molar-refractivity contribution in [2.45, 2.75) is 19.5 Å². The van der Waals surface area contributed by atoms with Crippen molar-refractivity contribution in [2.24, 2.45) is 0 Å². The molecule has 1 amide bonds. The molecular weight excluding hydrogens is 430 g/mol. The van der Waals surface area contributed by atoms with Gasteiger partial charge in [0, 0.05) is 19.2 Å². The van der Waals surface area contributed by atoms with Crippen molar-refractivity contribution >= 4 is 23.1 Å². The van der Waals surface area contributed by atoms with Gasteiger partial charge in [0.2, 0.25) is 5.91 Å². The Balaban J connectivity index is 2.03. The molecule has 11 heteroatoms. The summed E-state index contributed by atoms with van der Waals surface area (Å²) in [6.07, 6.45) is -0.138. The van der Waals surface area contributed by atoms with E-state index in [9.17, 15) is 24.5 Å². The summed E-state index contributed by atoms with van der Waals surface area (Å²) in [6.45, 7) is 0.286. The first-order chi connectivity index (χ1) is 15.8. The van der Waals surface area contributed by atoms with Gasteiger partial charge in [0.15, 0.2) is 5.69 Å².